The van der Waals surface area contributed by atoms with Crippen molar-refractivity contribution in [3.63, 3.8) is 0 Å². The number of ether oxygens (including phenoxy) is 1. The van der Waals surface area contributed by atoms with Gasteiger partial charge in [0.15, 0.2) is 5.75 Å². The Hall–Kier alpha value is -1.88. The fourth-order valence-electron chi connectivity index (χ4n) is 1.95. The molecule has 0 aliphatic carbocycles. The van der Waals surface area contributed by atoms with Crippen molar-refractivity contribution in [3.05, 3.63) is 36.3 Å². The third-order valence-electron chi connectivity index (χ3n) is 3.10. The third kappa shape index (κ3) is 3.57. The van der Waals surface area contributed by atoms with Gasteiger partial charge in [-0.1, -0.05) is 6.92 Å². The first kappa shape index (κ1) is 14.5. The van der Waals surface area contributed by atoms with Crippen molar-refractivity contribution in [2.45, 2.75) is 39.8 Å². The normalized spacial score (nSPS) is 12.7. The molecule has 2 rings (SSSR count). The molecule has 0 aromatic carbocycles. The molecule has 2 aromatic rings. The van der Waals surface area contributed by atoms with E-state index >= 15 is 0 Å². The van der Waals surface area contributed by atoms with Crippen molar-refractivity contribution in [2.75, 3.05) is 6.54 Å². The summed E-state index contributed by atoms with van der Waals surface area (Å²) in [4.78, 5) is 4.24. The first-order valence-electron chi connectivity index (χ1n) is 7.01. The Morgan fingerprint density at radius 1 is 1.35 bits per heavy atom. The summed E-state index contributed by atoms with van der Waals surface area (Å²) in [7, 11) is 0. The molecule has 0 bridgehead atoms. The van der Waals surface area contributed by atoms with Gasteiger partial charge >= 0.3 is 0 Å². The van der Waals surface area contributed by atoms with Crippen molar-refractivity contribution < 1.29 is 4.74 Å². The second kappa shape index (κ2) is 6.52. The van der Waals surface area contributed by atoms with Crippen LogP contribution in [-0.4, -0.2) is 21.3 Å². The number of nitrogens with one attached hydrogen (secondary N) is 1. The van der Waals surface area contributed by atoms with Crippen LogP contribution in [0.2, 0.25) is 0 Å². The molecule has 20 heavy (non-hydrogen) atoms. The van der Waals surface area contributed by atoms with Crippen LogP contribution in [-0.2, 0) is 0 Å². The van der Waals surface area contributed by atoms with Crippen LogP contribution in [0.25, 0.3) is 0 Å². The van der Waals surface area contributed by atoms with Gasteiger partial charge in [-0.15, -0.1) is 0 Å². The first-order chi connectivity index (χ1) is 9.60. The largest absolute Gasteiger partial charge is 0.436 e. The average molecular weight is 274 g/mol. The van der Waals surface area contributed by atoms with E-state index in [2.05, 4.69) is 43.1 Å². The van der Waals surface area contributed by atoms with Gasteiger partial charge in [0.25, 0.3) is 0 Å². The van der Waals surface area contributed by atoms with Gasteiger partial charge in [-0.2, -0.15) is 5.10 Å². The van der Waals surface area contributed by atoms with Crippen LogP contribution in [0.15, 0.2) is 30.7 Å². The molecule has 0 amide bonds. The van der Waals surface area contributed by atoms with E-state index in [1.807, 2.05) is 23.0 Å². The molecule has 108 valence electrons. The van der Waals surface area contributed by atoms with Crippen LogP contribution in [0.4, 0.5) is 0 Å². The lowest BCUT2D eigenvalue weighted by atomic mass is 10.1. The van der Waals surface area contributed by atoms with Crippen LogP contribution in [0.5, 0.6) is 11.6 Å². The van der Waals surface area contributed by atoms with E-state index in [9.17, 15) is 0 Å². The van der Waals surface area contributed by atoms with Crippen LogP contribution in [0, 0.1) is 0 Å². The molecule has 0 saturated heterocycles. The predicted molar refractivity (Wildman–Crippen MR) is 79.0 cm³/mol. The van der Waals surface area contributed by atoms with E-state index in [1.165, 1.54) is 0 Å². The first-order valence-corrected chi connectivity index (χ1v) is 7.01. The highest BCUT2D eigenvalue weighted by molar-refractivity contribution is 5.27. The summed E-state index contributed by atoms with van der Waals surface area (Å²) in [6, 6.07) is 4.56. The molecular weight excluding hydrogens is 252 g/mol. The van der Waals surface area contributed by atoms with Crippen LogP contribution >= 0.6 is 0 Å². The van der Waals surface area contributed by atoms with Crippen LogP contribution < -0.4 is 10.1 Å². The lowest BCUT2D eigenvalue weighted by molar-refractivity contribution is 0.456. The van der Waals surface area contributed by atoms with Crippen molar-refractivity contribution in [1.29, 1.82) is 0 Å². The molecule has 1 N–H and O–H groups in total. The molecule has 1 unspecified atom stereocenters. The summed E-state index contributed by atoms with van der Waals surface area (Å²) < 4.78 is 7.62. The minimum Gasteiger partial charge on any atom is -0.436 e. The van der Waals surface area contributed by atoms with Crippen LogP contribution in [0.3, 0.4) is 0 Å². The topological polar surface area (TPSA) is 52.0 Å². The second-order valence-corrected chi connectivity index (χ2v) is 5.06. The maximum atomic E-state index is 5.76. The molecule has 5 heteroatoms. The fraction of sp³-hybridized carbons (Fsp3) is 0.467. The molecule has 0 fully saturated rings. The van der Waals surface area contributed by atoms with Crippen molar-refractivity contribution in [3.8, 4) is 11.6 Å². The fourth-order valence-corrected chi connectivity index (χ4v) is 1.95. The van der Waals surface area contributed by atoms with Crippen molar-refractivity contribution >= 4 is 0 Å². The van der Waals surface area contributed by atoms with Gasteiger partial charge < -0.3 is 10.1 Å². The van der Waals surface area contributed by atoms with Gasteiger partial charge in [-0.25, -0.2) is 4.98 Å². The van der Waals surface area contributed by atoms with E-state index < -0.39 is 0 Å². The minimum absolute atomic E-state index is 0.281. The Bertz CT molecular complexity index is 550. The zero-order valence-corrected chi connectivity index (χ0v) is 12.5. The maximum absolute atomic E-state index is 5.76. The molecule has 2 heterocycles. The van der Waals surface area contributed by atoms with Crippen molar-refractivity contribution in [1.82, 2.24) is 20.1 Å². The monoisotopic (exact) mass is 274 g/mol. The molecular formula is C15H22N4O. The molecule has 2 aromatic heterocycles. The van der Waals surface area contributed by atoms with E-state index in [1.54, 1.807) is 12.4 Å². The van der Waals surface area contributed by atoms with E-state index in [4.69, 9.17) is 4.74 Å². The molecule has 1 atom stereocenters. The maximum Gasteiger partial charge on any atom is 0.219 e. The van der Waals surface area contributed by atoms with E-state index in [0.29, 0.717) is 17.7 Å². The van der Waals surface area contributed by atoms with E-state index in [0.717, 1.165) is 12.1 Å². The summed E-state index contributed by atoms with van der Waals surface area (Å²) in [5, 5.41) is 7.62. The summed E-state index contributed by atoms with van der Waals surface area (Å²) in [5.74, 6) is 1.30. The number of nitrogens with zero attached hydrogens (tertiary/aromatic N) is 3. The lowest BCUT2D eigenvalue weighted by Gasteiger charge is -2.13. The summed E-state index contributed by atoms with van der Waals surface area (Å²) in [6.45, 7) is 9.30. The van der Waals surface area contributed by atoms with Gasteiger partial charge in [-0.3, -0.25) is 4.68 Å². The second-order valence-electron chi connectivity index (χ2n) is 5.06. The highest BCUT2D eigenvalue weighted by atomic mass is 16.5. The minimum atomic E-state index is 0.281. The number of pyridine rings is 1. The third-order valence-corrected chi connectivity index (χ3v) is 3.10. The SMILES string of the molecule is CCNC(C)c1ccnc(Oc2cnn(C(C)C)c2)c1. The van der Waals surface area contributed by atoms with Crippen LogP contribution in [0.1, 0.15) is 45.3 Å². The lowest BCUT2D eigenvalue weighted by Crippen LogP contribution is -2.17. The van der Waals surface area contributed by atoms with Gasteiger partial charge in [0.05, 0.1) is 12.4 Å². The zero-order valence-electron chi connectivity index (χ0n) is 12.5. The number of hydrogen-bond donors (Lipinski definition) is 1. The van der Waals surface area contributed by atoms with Crippen molar-refractivity contribution in [2.24, 2.45) is 0 Å². The molecule has 0 saturated carbocycles. The molecule has 0 radical (unpaired) electrons. The average Bonchev–Trinajstić information content (AvgIpc) is 2.88. The Labute approximate surface area is 120 Å². The molecule has 0 aliphatic heterocycles. The summed E-state index contributed by atoms with van der Waals surface area (Å²) in [6.07, 6.45) is 5.36. The zero-order chi connectivity index (χ0) is 14.5. The Morgan fingerprint density at radius 3 is 2.80 bits per heavy atom. The molecule has 5 nitrogen and oxygen atoms in total. The highest BCUT2D eigenvalue weighted by Gasteiger charge is 2.08. The molecule has 0 spiro atoms. The van der Waals surface area contributed by atoms with Gasteiger partial charge in [-0.05, 0) is 38.9 Å². The Kier molecular flexibility index (Phi) is 4.74. The number of rotatable bonds is 6. The summed E-state index contributed by atoms with van der Waals surface area (Å²) in [5.41, 5.74) is 1.16. The predicted octanol–water partition coefficient (Wildman–Crippen LogP) is 3.32. The highest BCUT2D eigenvalue weighted by Crippen LogP contribution is 2.22. The Morgan fingerprint density at radius 2 is 2.15 bits per heavy atom. The standard InChI is InChI=1S/C15H22N4O/c1-5-16-12(4)13-6-7-17-15(8-13)20-14-9-18-19(10-14)11(2)3/h6-12,16H,5H2,1-4H3. The Balaban J connectivity index is 2.10. The van der Waals surface area contributed by atoms with Gasteiger partial charge in [0.1, 0.15) is 0 Å². The van der Waals surface area contributed by atoms with Gasteiger partial charge in [0, 0.05) is 24.3 Å². The van der Waals surface area contributed by atoms with Gasteiger partial charge in [0.2, 0.25) is 5.88 Å². The quantitative estimate of drug-likeness (QED) is 0.878. The number of hydrogen-bond acceptors (Lipinski definition) is 4. The molecule has 0 aliphatic rings. The smallest absolute Gasteiger partial charge is 0.219 e. The number of aromatic nitrogens is 3. The summed E-state index contributed by atoms with van der Waals surface area (Å²) >= 11 is 0. The van der Waals surface area contributed by atoms with E-state index in [-0.39, 0.29) is 6.04 Å².